The fraction of sp³-hybridized carbons (Fsp3) is 0.647. The van der Waals surface area contributed by atoms with Gasteiger partial charge in [0.2, 0.25) is 0 Å². The highest BCUT2D eigenvalue weighted by Gasteiger charge is 2.15. The number of ether oxygens (including phenoxy) is 1. The molecule has 1 heterocycles. The predicted molar refractivity (Wildman–Crippen MR) is 85.7 cm³/mol. The number of fused-ring (bicyclic) bond motifs is 1. The molecule has 0 atom stereocenters. The molecule has 1 N–H and O–H groups in total. The molecule has 1 aromatic carbocycles. The van der Waals surface area contributed by atoms with Crippen molar-refractivity contribution in [2.75, 3.05) is 37.7 Å². The van der Waals surface area contributed by atoms with E-state index in [1.807, 2.05) is 6.07 Å². The van der Waals surface area contributed by atoms with Crippen molar-refractivity contribution in [3.63, 3.8) is 0 Å². The normalized spacial score (nSPS) is 15.4. The molecular formula is C17H28N2O. The summed E-state index contributed by atoms with van der Waals surface area (Å²) in [4.78, 5) is 2.44. The van der Waals surface area contributed by atoms with Crippen molar-refractivity contribution >= 4 is 5.69 Å². The van der Waals surface area contributed by atoms with E-state index in [0.717, 1.165) is 45.0 Å². The van der Waals surface area contributed by atoms with Crippen LogP contribution in [0.3, 0.4) is 0 Å². The zero-order valence-corrected chi connectivity index (χ0v) is 13.1. The van der Waals surface area contributed by atoms with Gasteiger partial charge in [-0.25, -0.2) is 0 Å². The maximum atomic E-state index is 5.79. The zero-order valence-electron chi connectivity index (χ0n) is 13.1. The molecule has 0 spiro atoms. The van der Waals surface area contributed by atoms with Crippen LogP contribution in [0.1, 0.15) is 33.6 Å². The van der Waals surface area contributed by atoms with Crippen molar-refractivity contribution in [2.45, 2.75) is 33.6 Å². The van der Waals surface area contributed by atoms with E-state index in [9.17, 15) is 0 Å². The van der Waals surface area contributed by atoms with Crippen LogP contribution in [-0.4, -0.2) is 32.8 Å². The van der Waals surface area contributed by atoms with Gasteiger partial charge in [-0.3, -0.25) is 0 Å². The van der Waals surface area contributed by atoms with Gasteiger partial charge < -0.3 is 15.0 Å². The molecule has 0 unspecified atom stereocenters. The molecule has 20 heavy (non-hydrogen) atoms. The summed E-state index contributed by atoms with van der Waals surface area (Å²) in [5.74, 6) is 1.03. The topological polar surface area (TPSA) is 24.5 Å². The van der Waals surface area contributed by atoms with Crippen LogP contribution >= 0.6 is 0 Å². The SMILES string of the molecule is CC(C)(C)CCNCCN1CCCOc2ccccc21. The molecule has 0 bridgehead atoms. The average Bonchev–Trinajstić information content (AvgIpc) is 2.60. The zero-order chi connectivity index (χ0) is 14.4. The smallest absolute Gasteiger partial charge is 0.142 e. The Balaban J connectivity index is 1.81. The fourth-order valence-corrected chi connectivity index (χ4v) is 2.43. The van der Waals surface area contributed by atoms with E-state index in [0.29, 0.717) is 5.41 Å². The van der Waals surface area contributed by atoms with Crippen LogP contribution in [0.2, 0.25) is 0 Å². The summed E-state index contributed by atoms with van der Waals surface area (Å²) in [7, 11) is 0. The van der Waals surface area contributed by atoms with Gasteiger partial charge in [-0.05, 0) is 36.9 Å². The number of nitrogens with one attached hydrogen (secondary N) is 1. The molecule has 3 heteroatoms. The number of para-hydroxylation sites is 2. The lowest BCUT2D eigenvalue weighted by Gasteiger charge is -2.24. The summed E-state index contributed by atoms with van der Waals surface area (Å²) < 4.78 is 5.79. The van der Waals surface area contributed by atoms with Gasteiger partial charge in [0, 0.05) is 19.6 Å². The highest BCUT2D eigenvalue weighted by atomic mass is 16.5. The minimum Gasteiger partial charge on any atom is -0.491 e. The maximum absolute atomic E-state index is 5.79. The minimum absolute atomic E-state index is 0.413. The average molecular weight is 276 g/mol. The van der Waals surface area contributed by atoms with Crippen molar-refractivity contribution in [3.8, 4) is 5.75 Å². The van der Waals surface area contributed by atoms with Crippen molar-refractivity contribution < 1.29 is 4.74 Å². The first-order valence-corrected chi connectivity index (χ1v) is 7.74. The fourth-order valence-electron chi connectivity index (χ4n) is 2.43. The van der Waals surface area contributed by atoms with Crippen LogP contribution < -0.4 is 15.0 Å². The molecule has 1 aliphatic heterocycles. The number of rotatable bonds is 5. The second-order valence-electron chi connectivity index (χ2n) is 6.72. The van der Waals surface area contributed by atoms with Gasteiger partial charge in [-0.15, -0.1) is 0 Å². The van der Waals surface area contributed by atoms with E-state index in [1.165, 1.54) is 12.1 Å². The summed E-state index contributed by atoms with van der Waals surface area (Å²) in [5, 5.41) is 3.56. The number of nitrogens with zero attached hydrogens (tertiary/aromatic N) is 1. The Hall–Kier alpha value is -1.22. The summed E-state index contributed by atoms with van der Waals surface area (Å²) in [5.41, 5.74) is 1.65. The molecule has 0 saturated heterocycles. The van der Waals surface area contributed by atoms with Crippen molar-refractivity contribution in [1.82, 2.24) is 5.32 Å². The van der Waals surface area contributed by atoms with Gasteiger partial charge in [-0.1, -0.05) is 32.9 Å². The van der Waals surface area contributed by atoms with E-state index in [1.54, 1.807) is 0 Å². The van der Waals surface area contributed by atoms with Gasteiger partial charge in [-0.2, -0.15) is 0 Å². The molecule has 0 saturated carbocycles. The first-order chi connectivity index (χ1) is 9.56. The Kier molecular flexibility index (Phi) is 5.30. The van der Waals surface area contributed by atoms with E-state index >= 15 is 0 Å². The lowest BCUT2D eigenvalue weighted by Crippen LogP contribution is -2.33. The lowest BCUT2D eigenvalue weighted by atomic mass is 9.92. The molecule has 0 fully saturated rings. The second-order valence-corrected chi connectivity index (χ2v) is 6.72. The third kappa shape index (κ3) is 4.71. The number of hydrogen-bond donors (Lipinski definition) is 1. The Morgan fingerprint density at radius 1 is 1.20 bits per heavy atom. The van der Waals surface area contributed by atoms with Crippen LogP contribution in [0, 0.1) is 5.41 Å². The molecule has 0 amide bonds. The Morgan fingerprint density at radius 3 is 2.80 bits per heavy atom. The molecule has 0 radical (unpaired) electrons. The highest BCUT2D eigenvalue weighted by molar-refractivity contribution is 5.58. The van der Waals surface area contributed by atoms with Gasteiger partial charge in [0.05, 0.1) is 12.3 Å². The minimum atomic E-state index is 0.413. The third-order valence-electron chi connectivity index (χ3n) is 3.65. The predicted octanol–water partition coefficient (Wildman–Crippen LogP) is 3.30. The summed E-state index contributed by atoms with van der Waals surface area (Å²) in [6, 6.07) is 8.37. The largest absolute Gasteiger partial charge is 0.491 e. The van der Waals surface area contributed by atoms with Crippen molar-refractivity contribution in [3.05, 3.63) is 24.3 Å². The Bertz CT molecular complexity index is 412. The molecular weight excluding hydrogens is 248 g/mol. The number of anilines is 1. The molecule has 0 aliphatic carbocycles. The van der Waals surface area contributed by atoms with E-state index in [-0.39, 0.29) is 0 Å². The molecule has 1 aromatic rings. The standard InChI is InChI=1S/C17H28N2O/c1-17(2,3)9-10-18-11-13-19-12-6-14-20-16-8-5-4-7-15(16)19/h4-5,7-8,18H,6,9-14H2,1-3H3. The van der Waals surface area contributed by atoms with Crippen molar-refractivity contribution in [1.29, 1.82) is 0 Å². The van der Waals surface area contributed by atoms with Crippen LogP contribution in [0.25, 0.3) is 0 Å². The second kappa shape index (κ2) is 6.98. The molecule has 112 valence electrons. The highest BCUT2D eigenvalue weighted by Crippen LogP contribution is 2.29. The van der Waals surface area contributed by atoms with Gasteiger partial charge in [0.25, 0.3) is 0 Å². The van der Waals surface area contributed by atoms with E-state index in [2.05, 4.69) is 49.2 Å². The summed E-state index contributed by atoms with van der Waals surface area (Å²) >= 11 is 0. The number of benzene rings is 1. The van der Waals surface area contributed by atoms with Crippen molar-refractivity contribution in [2.24, 2.45) is 5.41 Å². The van der Waals surface area contributed by atoms with Crippen LogP contribution in [-0.2, 0) is 0 Å². The molecule has 3 nitrogen and oxygen atoms in total. The lowest BCUT2D eigenvalue weighted by molar-refractivity contribution is 0.322. The third-order valence-corrected chi connectivity index (χ3v) is 3.65. The Labute approximate surface area is 123 Å². The van der Waals surface area contributed by atoms with Crippen LogP contribution in [0.15, 0.2) is 24.3 Å². The summed E-state index contributed by atoms with van der Waals surface area (Å²) in [6.07, 6.45) is 2.31. The van der Waals surface area contributed by atoms with Gasteiger partial charge >= 0.3 is 0 Å². The quantitative estimate of drug-likeness (QED) is 0.835. The van der Waals surface area contributed by atoms with Crippen LogP contribution in [0.5, 0.6) is 5.75 Å². The van der Waals surface area contributed by atoms with E-state index < -0.39 is 0 Å². The van der Waals surface area contributed by atoms with Gasteiger partial charge in [0.15, 0.2) is 0 Å². The van der Waals surface area contributed by atoms with E-state index in [4.69, 9.17) is 4.74 Å². The number of hydrogen-bond acceptors (Lipinski definition) is 3. The summed E-state index contributed by atoms with van der Waals surface area (Å²) in [6.45, 7) is 11.9. The first kappa shape index (κ1) is 15.2. The molecule has 1 aliphatic rings. The molecule has 2 rings (SSSR count). The first-order valence-electron chi connectivity index (χ1n) is 7.74. The Morgan fingerprint density at radius 2 is 2.00 bits per heavy atom. The van der Waals surface area contributed by atoms with Gasteiger partial charge in [0.1, 0.15) is 5.75 Å². The maximum Gasteiger partial charge on any atom is 0.142 e. The monoisotopic (exact) mass is 276 g/mol. The van der Waals surface area contributed by atoms with Crippen LogP contribution in [0.4, 0.5) is 5.69 Å². The molecule has 0 aromatic heterocycles.